The van der Waals surface area contributed by atoms with Crippen LogP contribution < -0.4 is 11.1 Å². The summed E-state index contributed by atoms with van der Waals surface area (Å²) in [6.07, 6.45) is 0. The molecule has 0 unspecified atom stereocenters. The summed E-state index contributed by atoms with van der Waals surface area (Å²) < 4.78 is 5.44. The van der Waals surface area contributed by atoms with Gasteiger partial charge in [-0.05, 0) is 26.0 Å². The molecule has 1 aliphatic rings. The number of carbonyl (C=O) groups is 1. The molecule has 1 aliphatic heterocycles. The minimum atomic E-state index is -0.176. The van der Waals surface area contributed by atoms with Crippen LogP contribution in [0.15, 0.2) is 12.1 Å². The van der Waals surface area contributed by atoms with Gasteiger partial charge in [-0.1, -0.05) is 23.2 Å². The monoisotopic (exact) mass is 331 g/mol. The molecular weight excluding hydrogens is 313 g/mol. The van der Waals surface area contributed by atoms with Crippen LogP contribution in [-0.2, 0) is 9.53 Å². The van der Waals surface area contributed by atoms with Crippen molar-refractivity contribution in [2.75, 3.05) is 37.4 Å². The van der Waals surface area contributed by atoms with Gasteiger partial charge in [-0.15, -0.1) is 0 Å². The smallest absolute Gasteiger partial charge is 0.238 e. The molecule has 0 aromatic heterocycles. The van der Waals surface area contributed by atoms with Gasteiger partial charge in [0.1, 0.15) is 0 Å². The predicted molar refractivity (Wildman–Crippen MR) is 86.0 cm³/mol. The number of hydrogen-bond acceptors (Lipinski definition) is 4. The van der Waals surface area contributed by atoms with E-state index in [4.69, 9.17) is 33.7 Å². The van der Waals surface area contributed by atoms with Gasteiger partial charge in [-0.2, -0.15) is 0 Å². The Hall–Kier alpha value is -1.01. The van der Waals surface area contributed by atoms with Crippen LogP contribution in [0.3, 0.4) is 0 Å². The molecule has 0 atom stereocenters. The van der Waals surface area contributed by atoms with Gasteiger partial charge in [0, 0.05) is 17.1 Å². The maximum absolute atomic E-state index is 12.2. The Kier molecular flexibility index (Phi) is 4.99. The van der Waals surface area contributed by atoms with Crippen molar-refractivity contribution in [2.24, 2.45) is 0 Å². The summed E-state index contributed by atoms with van der Waals surface area (Å²) in [7, 11) is 0. The fourth-order valence-electron chi connectivity index (χ4n) is 2.26. The van der Waals surface area contributed by atoms with Crippen molar-refractivity contribution in [3.63, 3.8) is 0 Å². The summed E-state index contributed by atoms with van der Waals surface area (Å²) in [6, 6.07) is 3.11. The van der Waals surface area contributed by atoms with E-state index in [9.17, 15) is 4.79 Å². The molecule has 5 nitrogen and oxygen atoms in total. The molecule has 116 valence electrons. The highest BCUT2D eigenvalue weighted by molar-refractivity contribution is 6.37. The Morgan fingerprint density at radius 2 is 2.19 bits per heavy atom. The highest BCUT2D eigenvalue weighted by Crippen LogP contribution is 2.32. The second kappa shape index (κ2) is 6.40. The minimum Gasteiger partial charge on any atom is -0.397 e. The summed E-state index contributed by atoms with van der Waals surface area (Å²) in [5.74, 6) is -0.166. The number of halogens is 2. The van der Waals surface area contributed by atoms with Crippen molar-refractivity contribution >= 4 is 40.5 Å². The molecule has 0 bridgehead atoms. The lowest BCUT2D eigenvalue weighted by atomic mass is 10.0. The van der Waals surface area contributed by atoms with E-state index in [0.717, 1.165) is 0 Å². The average molecular weight is 332 g/mol. The standard InChI is InChI=1S/C14H19Cl2N3O2/c1-14(2)8-21-4-3-19(14)7-12(20)18-13-10(16)5-9(15)6-11(13)17/h5-6H,3-4,7-8,17H2,1-2H3,(H,18,20). The Labute approximate surface area is 134 Å². The molecule has 1 heterocycles. The molecule has 0 aliphatic carbocycles. The number of rotatable bonds is 3. The number of morpholine rings is 1. The number of amides is 1. The molecular formula is C14H19Cl2N3O2. The molecule has 2 rings (SSSR count). The predicted octanol–water partition coefficient (Wildman–Crippen LogP) is 2.62. The number of anilines is 2. The van der Waals surface area contributed by atoms with Crippen molar-refractivity contribution in [3.05, 3.63) is 22.2 Å². The molecule has 0 saturated carbocycles. The molecule has 7 heteroatoms. The Balaban J connectivity index is 2.05. The summed E-state index contributed by atoms with van der Waals surface area (Å²) in [5, 5.41) is 3.52. The molecule has 0 spiro atoms. The summed E-state index contributed by atoms with van der Waals surface area (Å²) in [5.41, 5.74) is 6.41. The van der Waals surface area contributed by atoms with E-state index in [2.05, 4.69) is 10.2 Å². The normalized spacial score (nSPS) is 18.5. The summed E-state index contributed by atoms with van der Waals surface area (Å²) in [6.45, 7) is 6.29. The van der Waals surface area contributed by atoms with Crippen LogP contribution in [0.1, 0.15) is 13.8 Å². The number of nitrogens with one attached hydrogen (secondary N) is 1. The summed E-state index contributed by atoms with van der Waals surface area (Å²) in [4.78, 5) is 14.3. The maximum Gasteiger partial charge on any atom is 0.238 e. The van der Waals surface area contributed by atoms with E-state index >= 15 is 0 Å². The number of ether oxygens (including phenoxy) is 1. The van der Waals surface area contributed by atoms with Crippen LogP contribution >= 0.6 is 23.2 Å². The Morgan fingerprint density at radius 1 is 1.48 bits per heavy atom. The lowest BCUT2D eigenvalue weighted by Gasteiger charge is -2.41. The number of carbonyl (C=O) groups excluding carboxylic acids is 1. The van der Waals surface area contributed by atoms with Gasteiger partial charge in [0.25, 0.3) is 0 Å². The zero-order valence-corrected chi connectivity index (χ0v) is 13.6. The number of nitrogen functional groups attached to an aromatic ring is 1. The molecule has 21 heavy (non-hydrogen) atoms. The van der Waals surface area contributed by atoms with Crippen LogP contribution in [0.25, 0.3) is 0 Å². The second-order valence-corrected chi connectivity index (χ2v) is 6.53. The number of hydrogen-bond donors (Lipinski definition) is 2. The highest BCUT2D eigenvalue weighted by Gasteiger charge is 2.31. The van der Waals surface area contributed by atoms with E-state index in [1.165, 1.54) is 0 Å². The van der Waals surface area contributed by atoms with E-state index in [1.807, 2.05) is 13.8 Å². The zero-order chi connectivity index (χ0) is 15.6. The van der Waals surface area contributed by atoms with Crippen molar-refractivity contribution in [3.8, 4) is 0 Å². The van der Waals surface area contributed by atoms with Crippen molar-refractivity contribution in [1.82, 2.24) is 4.90 Å². The van der Waals surface area contributed by atoms with Gasteiger partial charge in [-0.3, -0.25) is 9.69 Å². The maximum atomic E-state index is 12.2. The van der Waals surface area contributed by atoms with Crippen molar-refractivity contribution < 1.29 is 9.53 Å². The van der Waals surface area contributed by atoms with Gasteiger partial charge in [0.15, 0.2) is 0 Å². The first-order valence-corrected chi connectivity index (χ1v) is 7.42. The lowest BCUT2D eigenvalue weighted by molar-refractivity contribution is -0.122. The average Bonchev–Trinajstić information content (AvgIpc) is 2.36. The fraction of sp³-hybridized carbons (Fsp3) is 0.500. The van der Waals surface area contributed by atoms with Gasteiger partial charge in [0.05, 0.1) is 36.2 Å². The lowest BCUT2D eigenvalue weighted by Crippen LogP contribution is -2.55. The van der Waals surface area contributed by atoms with Gasteiger partial charge < -0.3 is 15.8 Å². The number of nitrogens with two attached hydrogens (primary N) is 1. The van der Waals surface area contributed by atoms with Crippen LogP contribution in [0.2, 0.25) is 10.0 Å². The molecule has 1 fully saturated rings. The van der Waals surface area contributed by atoms with E-state index < -0.39 is 0 Å². The molecule has 0 radical (unpaired) electrons. The first kappa shape index (κ1) is 16.4. The first-order chi connectivity index (χ1) is 9.79. The van der Waals surface area contributed by atoms with Crippen LogP contribution in [0.4, 0.5) is 11.4 Å². The van der Waals surface area contributed by atoms with Gasteiger partial charge >= 0.3 is 0 Å². The molecule has 3 N–H and O–H groups in total. The first-order valence-electron chi connectivity index (χ1n) is 6.67. The third-order valence-electron chi connectivity index (χ3n) is 3.50. The van der Waals surface area contributed by atoms with Gasteiger partial charge in [0.2, 0.25) is 5.91 Å². The van der Waals surface area contributed by atoms with Crippen LogP contribution in [0.5, 0.6) is 0 Å². The van der Waals surface area contributed by atoms with E-state index in [0.29, 0.717) is 41.2 Å². The SMILES string of the molecule is CC1(C)COCCN1CC(=O)Nc1c(N)cc(Cl)cc1Cl. The number of nitrogens with zero attached hydrogens (tertiary/aromatic N) is 1. The van der Waals surface area contributed by atoms with E-state index in [-0.39, 0.29) is 18.0 Å². The zero-order valence-electron chi connectivity index (χ0n) is 12.1. The van der Waals surface area contributed by atoms with E-state index in [1.54, 1.807) is 12.1 Å². The van der Waals surface area contributed by atoms with Gasteiger partial charge in [-0.25, -0.2) is 0 Å². The quantitative estimate of drug-likeness (QED) is 0.835. The largest absolute Gasteiger partial charge is 0.397 e. The topological polar surface area (TPSA) is 67.6 Å². The van der Waals surface area contributed by atoms with Crippen molar-refractivity contribution in [2.45, 2.75) is 19.4 Å². The Morgan fingerprint density at radius 3 is 2.81 bits per heavy atom. The summed E-state index contributed by atoms with van der Waals surface area (Å²) >= 11 is 11.9. The van der Waals surface area contributed by atoms with Crippen LogP contribution in [0, 0.1) is 0 Å². The second-order valence-electron chi connectivity index (χ2n) is 5.69. The molecule has 1 aromatic carbocycles. The third-order valence-corrected chi connectivity index (χ3v) is 4.02. The Bertz CT molecular complexity index is 526. The number of benzene rings is 1. The highest BCUT2D eigenvalue weighted by atomic mass is 35.5. The molecule has 1 amide bonds. The molecule has 1 aromatic rings. The van der Waals surface area contributed by atoms with Crippen molar-refractivity contribution in [1.29, 1.82) is 0 Å². The third kappa shape index (κ3) is 4.01. The minimum absolute atomic E-state index is 0.166. The molecule has 1 saturated heterocycles. The van der Waals surface area contributed by atoms with Crippen LogP contribution in [-0.4, -0.2) is 42.6 Å². The fourth-order valence-corrected chi connectivity index (χ4v) is 2.82.